The summed E-state index contributed by atoms with van der Waals surface area (Å²) in [6.07, 6.45) is 2.39. The van der Waals surface area contributed by atoms with E-state index in [1.54, 1.807) is 12.1 Å². The van der Waals surface area contributed by atoms with E-state index in [2.05, 4.69) is 5.32 Å². The van der Waals surface area contributed by atoms with Crippen molar-refractivity contribution in [2.75, 3.05) is 0 Å². The lowest BCUT2D eigenvalue weighted by molar-refractivity contribution is -0.120. The molecule has 1 aromatic heterocycles. The summed E-state index contributed by atoms with van der Waals surface area (Å²) in [6, 6.07) is 8.01. The van der Waals surface area contributed by atoms with Gasteiger partial charge in [0.1, 0.15) is 0 Å². The molecule has 1 heterocycles. The first-order valence-corrected chi connectivity index (χ1v) is 10.7. The molecule has 1 amide bonds. The topological polar surface area (TPSA) is 86.6 Å². The normalized spacial score (nSPS) is 13.2. The molecule has 0 saturated carbocycles. The minimum atomic E-state index is -4.86. The van der Waals surface area contributed by atoms with Crippen LogP contribution in [-0.4, -0.2) is 15.7 Å². The van der Waals surface area contributed by atoms with Gasteiger partial charge < -0.3 is 15.1 Å². The number of rotatable bonds is 5. The van der Waals surface area contributed by atoms with Gasteiger partial charge in [0.15, 0.2) is 17.3 Å². The molecule has 5 nitrogen and oxygen atoms in total. The number of carbonyl (C=O) groups is 1. The maximum atomic E-state index is 13.2. The average molecular weight is 443 g/mol. The van der Waals surface area contributed by atoms with Gasteiger partial charge in [0.25, 0.3) is 0 Å². The van der Waals surface area contributed by atoms with Gasteiger partial charge in [-0.25, -0.2) is 8.78 Å². The van der Waals surface area contributed by atoms with Gasteiger partial charge in [0.2, 0.25) is 5.91 Å². The Morgan fingerprint density at radius 1 is 1.18 bits per heavy atom. The highest BCUT2D eigenvalue weighted by Gasteiger charge is 2.38. The number of nitrogens with one attached hydrogen (secondary N) is 1. The molecule has 0 saturated heterocycles. The van der Waals surface area contributed by atoms with Gasteiger partial charge in [-0.15, -0.1) is 11.3 Å². The third-order valence-electron chi connectivity index (χ3n) is 3.89. The summed E-state index contributed by atoms with van der Waals surface area (Å²) in [6.45, 7) is 0. The second-order valence-corrected chi connectivity index (χ2v) is 8.88. The third kappa shape index (κ3) is 4.48. The smallest absolute Gasteiger partial charge is 0.332 e. The molecule has 28 heavy (non-hydrogen) atoms. The highest BCUT2D eigenvalue weighted by molar-refractivity contribution is 7.53. The van der Waals surface area contributed by atoms with E-state index in [-0.39, 0.29) is 11.1 Å². The highest BCUT2D eigenvalue weighted by Crippen LogP contribution is 2.54. The summed E-state index contributed by atoms with van der Waals surface area (Å²) >= 11 is 7.19. The summed E-state index contributed by atoms with van der Waals surface area (Å²) in [5.41, 5.74) is -1.32. The first-order valence-electron chi connectivity index (χ1n) is 7.80. The van der Waals surface area contributed by atoms with Gasteiger partial charge in [-0.3, -0.25) is 9.36 Å². The molecule has 0 aliphatic heterocycles. The molecule has 3 aromatic rings. The molecule has 0 aliphatic carbocycles. The molecule has 0 spiro atoms. The molecule has 10 heteroatoms. The van der Waals surface area contributed by atoms with E-state index in [0.717, 1.165) is 23.0 Å². The zero-order chi connectivity index (χ0) is 20.5. The Morgan fingerprint density at radius 3 is 2.61 bits per heavy atom. The number of benzene rings is 2. The van der Waals surface area contributed by atoms with Crippen molar-refractivity contribution in [3.8, 4) is 0 Å². The van der Waals surface area contributed by atoms with Gasteiger partial charge in [0.05, 0.1) is 0 Å². The van der Waals surface area contributed by atoms with Crippen LogP contribution in [0.4, 0.5) is 8.78 Å². The van der Waals surface area contributed by atoms with E-state index in [9.17, 15) is 27.9 Å². The Hall–Kier alpha value is -2.09. The fourth-order valence-electron chi connectivity index (χ4n) is 2.62. The van der Waals surface area contributed by atoms with Crippen molar-refractivity contribution in [3.05, 3.63) is 75.8 Å². The Bertz CT molecular complexity index is 1130. The van der Waals surface area contributed by atoms with Crippen molar-refractivity contribution in [3.63, 3.8) is 0 Å². The molecule has 0 fully saturated rings. The van der Waals surface area contributed by atoms with Crippen LogP contribution < -0.4 is 5.32 Å². The Balaban J connectivity index is 1.88. The highest BCUT2D eigenvalue weighted by atomic mass is 35.5. The van der Waals surface area contributed by atoms with E-state index in [0.29, 0.717) is 10.4 Å². The Kier molecular flexibility index (Phi) is 5.98. The number of carbonyl (C=O) groups excluding carboxylic acids is 1. The number of hydrogen-bond acceptors (Lipinski definition) is 3. The van der Waals surface area contributed by atoms with Gasteiger partial charge in [-0.05, 0) is 58.3 Å². The van der Waals surface area contributed by atoms with E-state index in [1.165, 1.54) is 34.9 Å². The van der Waals surface area contributed by atoms with Gasteiger partial charge in [-0.1, -0.05) is 17.7 Å². The minimum Gasteiger partial charge on any atom is -0.332 e. The van der Waals surface area contributed by atoms with Crippen LogP contribution >= 0.6 is 30.5 Å². The number of thiophene rings is 1. The molecule has 0 radical (unpaired) electrons. The van der Waals surface area contributed by atoms with Gasteiger partial charge >= 0.3 is 7.60 Å². The summed E-state index contributed by atoms with van der Waals surface area (Å²) in [5, 5.41) is 4.63. The third-order valence-corrected chi connectivity index (χ3v) is 6.29. The van der Waals surface area contributed by atoms with Crippen molar-refractivity contribution < 1.29 is 27.9 Å². The second kappa shape index (κ2) is 8.11. The van der Waals surface area contributed by atoms with E-state index < -0.39 is 30.8 Å². The zero-order valence-corrected chi connectivity index (χ0v) is 16.4. The lowest BCUT2D eigenvalue weighted by Crippen LogP contribution is -2.25. The predicted molar refractivity (Wildman–Crippen MR) is 105 cm³/mol. The van der Waals surface area contributed by atoms with Gasteiger partial charge in [-0.2, -0.15) is 0 Å². The van der Waals surface area contributed by atoms with Crippen molar-refractivity contribution in [1.29, 1.82) is 0 Å². The van der Waals surface area contributed by atoms with Crippen LogP contribution in [-0.2, 0) is 9.36 Å². The largest absolute Gasteiger partial charge is 0.342 e. The fourth-order valence-corrected chi connectivity index (χ4v) is 4.82. The number of fused-ring (bicyclic) bond motifs is 1. The number of halogens is 3. The number of hydrogen-bond donors (Lipinski definition) is 3. The van der Waals surface area contributed by atoms with Crippen molar-refractivity contribution in [2.45, 2.75) is 5.66 Å². The molecule has 2 aromatic carbocycles. The van der Waals surface area contributed by atoms with E-state index in [4.69, 9.17) is 11.6 Å². The zero-order valence-electron chi connectivity index (χ0n) is 14.0. The molecule has 0 bridgehead atoms. The van der Waals surface area contributed by atoms with Crippen LogP contribution in [0.1, 0.15) is 16.8 Å². The number of amides is 1. The fraction of sp³-hybridized carbons (Fsp3) is 0.0556. The van der Waals surface area contributed by atoms with E-state index in [1.807, 2.05) is 0 Å². The first kappa shape index (κ1) is 20.6. The summed E-state index contributed by atoms with van der Waals surface area (Å²) in [7, 11) is -4.86. The maximum Gasteiger partial charge on any atom is 0.342 e. The van der Waals surface area contributed by atoms with Crippen LogP contribution in [0, 0.1) is 11.6 Å². The van der Waals surface area contributed by atoms with Crippen LogP contribution in [0.3, 0.4) is 0 Å². The molecule has 1 atom stereocenters. The monoisotopic (exact) mass is 442 g/mol. The summed E-state index contributed by atoms with van der Waals surface area (Å²) in [5.74, 6) is -3.00. The quantitative estimate of drug-likeness (QED) is 0.493. The SMILES string of the molecule is O=C(N/C=C/c1ccc([18F])c(F)c1)C(c1csc2ccc(Cl)cc12)P(=O)(O)O. The van der Waals surface area contributed by atoms with Gasteiger partial charge in [0, 0.05) is 15.9 Å². The molecule has 3 N–H and O–H groups in total. The predicted octanol–water partition coefficient (Wildman–Crippen LogP) is 4.84. The molecule has 146 valence electrons. The minimum absolute atomic E-state index is 0.162. The standard InChI is InChI=1S/C18H13ClF2NO4PS/c19-11-2-4-16-12(8-11)13(9-28-16)17(27(24,25)26)18(23)22-6-5-10-1-3-14(20)15(21)7-10/h1-9,17H,(H,22,23)(H2,24,25,26)/b6-5+/i20-1. The lowest BCUT2D eigenvalue weighted by Gasteiger charge is -2.16. The summed E-state index contributed by atoms with van der Waals surface area (Å²) in [4.78, 5) is 32.0. The van der Waals surface area contributed by atoms with Crippen LogP contribution in [0.15, 0.2) is 48.0 Å². The maximum absolute atomic E-state index is 13.2. The van der Waals surface area contributed by atoms with Crippen LogP contribution in [0.5, 0.6) is 0 Å². The molecule has 1 unspecified atom stereocenters. The Labute approximate surface area is 167 Å². The molecule has 3 rings (SSSR count). The molecule has 0 aliphatic rings. The lowest BCUT2D eigenvalue weighted by atomic mass is 10.1. The average Bonchev–Trinajstić information content (AvgIpc) is 3.00. The van der Waals surface area contributed by atoms with Crippen molar-refractivity contribution in [2.24, 2.45) is 0 Å². The molecular formula is C18H13ClF2NO4PS. The van der Waals surface area contributed by atoms with Crippen molar-refractivity contribution in [1.82, 2.24) is 5.32 Å². The van der Waals surface area contributed by atoms with Crippen LogP contribution in [0.25, 0.3) is 16.2 Å². The van der Waals surface area contributed by atoms with Crippen molar-refractivity contribution >= 4 is 52.6 Å². The van der Waals surface area contributed by atoms with E-state index >= 15 is 0 Å². The Morgan fingerprint density at radius 2 is 1.93 bits per heavy atom. The first-order chi connectivity index (χ1) is 13.2. The second-order valence-electron chi connectivity index (χ2n) is 5.84. The molecular weight excluding hydrogens is 430 g/mol. The van der Waals surface area contributed by atoms with Crippen LogP contribution in [0.2, 0.25) is 5.02 Å². The summed E-state index contributed by atoms with van der Waals surface area (Å²) < 4.78 is 38.9.